The zero-order valence-corrected chi connectivity index (χ0v) is 16.9. The second-order valence-corrected chi connectivity index (χ2v) is 7.36. The summed E-state index contributed by atoms with van der Waals surface area (Å²) in [6.07, 6.45) is 0. The van der Waals surface area contributed by atoms with Gasteiger partial charge in [0, 0.05) is 23.4 Å². The molecule has 160 valence electrons. The van der Waals surface area contributed by atoms with Gasteiger partial charge in [-0.1, -0.05) is 29.8 Å². The molecular formula is C24H17FN2O5. The van der Waals surface area contributed by atoms with Gasteiger partial charge in [0.15, 0.2) is 0 Å². The molecular weight excluding hydrogens is 415 g/mol. The van der Waals surface area contributed by atoms with Crippen LogP contribution >= 0.6 is 0 Å². The second kappa shape index (κ2) is 8.07. The summed E-state index contributed by atoms with van der Waals surface area (Å²) in [5.74, 6) is -2.68. The minimum atomic E-state index is -1.05. The van der Waals surface area contributed by atoms with E-state index in [1.54, 1.807) is 24.3 Å². The fourth-order valence-corrected chi connectivity index (χ4v) is 3.66. The van der Waals surface area contributed by atoms with E-state index in [-0.39, 0.29) is 22.7 Å². The van der Waals surface area contributed by atoms with E-state index in [2.05, 4.69) is 0 Å². The molecule has 0 spiro atoms. The van der Waals surface area contributed by atoms with Gasteiger partial charge in [0.05, 0.1) is 16.5 Å². The molecule has 3 aromatic rings. The molecule has 0 bridgehead atoms. The van der Waals surface area contributed by atoms with Crippen LogP contribution in [0.4, 0.5) is 15.8 Å². The second-order valence-electron chi connectivity index (χ2n) is 7.36. The number of carbonyl (C=O) groups excluding carboxylic acids is 2. The first-order valence-corrected chi connectivity index (χ1v) is 9.66. The standard InChI is InChI=1S/C24H17FN2O5/c1-14-2-4-16(5-3-14)22(28)20-21(15-6-10-19(11-7-15)27(31)32)26(24(30)23(20)29)18-12-8-17(25)9-13-18/h2-13,21,28H,1H3. The van der Waals surface area contributed by atoms with Crippen molar-refractivity contribution in [2.24, 2.45) is 0 Å². The molecule has 0 radical (unpaired) electrons. The van der Waals surface area contributed by atoms with Crippen molar-refractivity contribution in [2.45, 2.75) is 13.0 Å². The van der Waals surface area contributed by atoms with Crippen LogP contribution in [0, 0.1) is 22.9 Å². The first kappa shape index (κ1) is 20.9. The number of hydrogen-bond donors (Lipinski definition) is 1. The average molecular weight is 432 g/mol. The number of Topliss-reactive ketones (excluding diaryl/α,β-unsaturated/α-hetero) is 1. The molecule has 1 aliphatic heterocycles. The van der Waals surface area contributed by atoms with Crippen LogP contribution in [0.3, 0.4) is 0 Å². The van der Waals surface area contributed by atoms with Crippen molar-refractivity contribution in [3.63, 3.8) is 0 Å². The van der Waals surface area contributed by atoms with Crippen LogP contribution in [0.2, 0.25) is 0 Å². The lowest BCUT2D eigenvalue weighted by molar-refractivity contribution is -0.384. The van der Waals surface area contributed by atoms with E-state index in [4.69, 9.17) is 0 Å². The SMILES string of the molecule is Cc1ccc(C(O)=C2C(=O)C(=O)N(c3ccc(F)cc3)C2c2ccc([N+](=O)[O-])cc2)cc1. The topological polar surface area (TPSA) is 101 Å². The summed E-state index contributed by atoms with van der Waals surface area (Å²) >= 11 is 0. The minimum Gasteiger partial charge on any atom is -0.507 e. The monoisotopic (exact) mass is 432 g/mol. The molecule has 1 atom stereocenters. The smallest absolute Gasteiger partial charge is 0.300 e. The molecule has 7 nitrogen and oxygen atoms in total. The van der Waals surface area contributed by atoms with Crippen LogP contribution in [0.15, 0.2) is 78.4 Å². The lowest BCUT2D eigenvalue weighted by atomic mass is 9.94. The molecule has 32 heavy (non-hydrogen) atoms. The van der Waals surface area contributed by atoms with E-state index < -0.39 is 28.5 Å². The summed E-state index contributed by atoms with van der Waals surface area (Å²) in [4.78, 5) is 37.6. The quantitative estimate of drug-likeness (QED) is 0.212. The van der Waals surface area contributed by atoms with Gasteiger partial charge >= 0.3 is 0 Å². The number of aliphatic hydroxyl groups is 1. The van der Waals surface area contributed by atoms with Gasteiger partial charge in [-0.25, -0.2) is 4.39 Å². The van der Waals surface area contributed by atoms with E-state index >= 15 is 0 Å². The third-order valence-corrected chi connectivity index (χ3v) is 5.29. The van der Waals surface area contributed by atoms with Crippen molar-refractivity contribution in [1.29, 1.82) is 0 Å². The molecule has 1 amide bonds. The number of nitrogens with zero attached hydrogens (tertiary/aromatic N) is 2. The first-order valence-electron chi connectivity index (χ1n) is 9.66. The van der Waals surface area contributed by atoms with Crippen LogP contribution in [0.25, 0.3) is 5.76 Å². The van der Waals surface area contributed by atoms with Crippen LogP contribution in [-0.2, 0) is 9.59 Å². The Morgan fingerprint density at radius 3 is 2.12 bits per heavy atom. The normalized spacial score (nSPS) is 17.6. The number of carbonyl (C=O) groups is 2. The highest BCUT2D eigenvalue weighted by Crippen LogP contribution is 2.42. The Morgan fingerprint density at radius 2 is 1.56 bits per heavy atom. The highest BCUT2D eigenvalue weighted by atomic mass is 19.1. The Labute approximate surface area is 182 Å². The van der Waals surface area contributed by atoms with Gasteiger partial charge in [-0.3, -0.25) is 24.6 Å². The van der Waals surface area contributed by atoms with E-state index in [1.165, 1.54) is 36.4 Å². The maximum absolute atomic E-state index is 13.5. The molecule has 1 saturated heterocycles. The lowest BCUT2D eigenvalue weighted by Gasteiger charge is -2.25. The number of ketones is 1. The Hall–Kier alpha value is -4.33. The highest BCUT2D eigenvalue weighted by Gasteiger charge is 2.47. The van der Waals surface area contributed by atoms with Crippen molar-refractivity contribution < 1.29 is 24.0 Å². The number of hydrogen-bond acceptors (Lipinski definition) is 5. The number of rotatable bonds is 4. The molecule has 3 aromatic carbocycles. The summed E-state index contributed by atoms with van der Waals surface area (Å²) < 4.78 is 13.5. The highest BCUT2D eigenvalue weighted by molar-refractivity contribution is 6.51. The molecule has 1 N–H and O–H groups in total. The lowest BCUT2D eigenvalue weighted by Crippen LogP contribution is -2.29. The van der Waals surface area contributed by atoms with E-state index in [0.29, 0.717) is 11.1 Å². The molecule has 1 heterocycles. The molecule has 4 rings (SSSR count). The van der Waals surface area contributed by atoms with Gasteiger partial charge < -0.3 is 5.11 Å². The van der Waals surface area contributed by atoms with Gasteiger partial charge in [-0.15, -0.1) is 0 Å². The Balaban J connectivity index is 1.92. The maximum Gasteiger partial charge on any atom is 0.300 e. The van der Waals surface area contributed by atoms with Crippen molar-refractivity contribution in [2.75, 3.05) is 4.90 Å². The number of nitro groups is 1. The van der Waals surface area contributed by atoms with Gasteiger partial charge in [0.2, 0.25) is 0 Å². The molecule has 8 heteroatoms. The fourth-order valence-electron chi connectivity index (χ4n) is 3.66. The third-order valence-electron chi connectivity index (χ3n) is 5.29. The van der Waals surface area contributed by atoms with Crippen molar-refractivity contribution in [3.05, 3.63) is 111 Å². The minimum absolute atomic E-state index is 0.156. The van der Waals surface area contributed by atoms with Gasteiger partial charge in [0.1, 0.15) is 11.6 Å². The number of aryl methyl sites for hydroxylation is 1. The maximum atomic E-state index is 13.5. The van der Waals surface area contributed by atoms with Gasteiger partial charge in [0.25, 0.3) is 17.4 Å². The molecule has 0 aromatic heterocycles. The molecule has 0 aliphatic carbocycles. The zero-order chi connectivity index (χ0) is 23.0. The van der Waals surface area contributed by atoms with Gasteiger partial charge in [-0.2, -0.15) is 0 Å². The number of halogens is 1. The van der Waals surface area contributed by atoms with E-state index in [1.807, 2.05) is 6.92 Å². The van der Waals surface area contributed by atoms with E-state index in [0.717, 1.165) is 22.6 Å². The number of non-ortho nitro benzene ring substituents is 1. The summed E-state index contributed by atoms with van der Waals surface area (Å²) in [5, 5.41) is 22.0. The number of aliphatic hydroxyl groups excluding tert-OH is 1. The summed E-state index contributed by atoms with van der Waals surface area (Å²) in [7, 11) is 0. The Bertz CT molecular complexity index is 1250. The summed E-state index contributed by atoms with van der Waals surface area (Å²) in [6.45, 7) is 1.87. The zero-order valence-electron chi connectivity index (χ0n) is 16.9. The molecule has 0 saturated carbocycles. The Morgan fingerprint density at radius 1 is 0.969 bits per heavy atom. The van der Waals surface area contributed by atoms with Crippen LogP contribution in [0.5, 0.6) is 0 Å². The first-order chi connectivity index (χ1) is 15.3. The summed E-state index contributed by atoms with van der Waals surface area (Å²) in [5.41, 5.74) is 1.61. The number of anilines is 1. The predicted octanol–water partition coefficient (Wildman–Crippen LogP) is 4.67. The molecule has 1 fully saturated rings. The van der Waals surface area contributed by atoms with Crippen molar-refractivity contribution in [3.8, 4) is 0 Å². The number of amides is 1. The number of benzene rings is 3. The number of nitro benzene ring substituents is 1. The predicted molar refractivity (Wildman–Crippen MR) is 115 cm³/mol. The third kappa shape index (κ3) is 3.62. The van der Waals surface area contributed by atoms with Gasteiger partial charge in [-0.05, 0) is 48.9 Å². The molecule has 1 aliphatic rings. The Kier molecular flexibility index (Phi) is 5.28. The van der Waals surface area contributed by atoms with Crippen LogP contribution in [-0.4, -0.2) is 21.7 Å². The van der Waals surface area contributed by atoms with Crippen LogP contribution < -0.4 is 4.90 Å². The van der Waals surface area contributed by atoms with Crippen LogP contribution in [0.1, 0.15) is 22.7 Å². The van der Waals surface area contributed by atoms with Crippen molar-refractivity contribution in [1.82, 2.24) is 0 Å². The van der Waals surface area contributed by atoms with Crippen molar-refractivity contribution >= 4 is 28.8 Å². The molecule has 1 unspecified atom stereocenters. The average Bonchev–Trinajstić information content (AvgIpc) is 3.05. The fraction of sp³-hybridized carbons (Fsp3) is 0.0833. The largest absolute Gasteiger partial charge is 0.507 e. The summed E-state index contributed by atoms with van der Waals surface area (Å²) in [6, 6.07) is 16.1. The van der Waals surface area contributed by atoms with E-state index in [9.17, 15) is 29.2 Å².